The van der Waals surface area contributed by atoms with Crippen molar-refractivity contribution in [1.29, 1.82) is 0 Å². The van der Waals surface area contributed by atoms with Gasteiger partial charge in [0.1, 0.15) is 5.69 Å². The first kappa shape index (κ1) is 13.8. The van der Waals surface area contributed by atoms with Crippen molar-refractivity contribution >= 4 is 17.7 Å². The molecule has 7 heteroatoms. The van der Waals surface area contributed by atoms with Crippen LogP contribution in [0.1, 0.15) is 23.3 Å². The summed E-state index contributed by atoms with van der Waals surface area (Å²) in [5.74, 6) is -1.08. The minimum absolute atomic E-state index is 0.0361. The summed E-state index contributed by atoms with van der Waals surface area (Å²) in [5, 5.41) is 11.5. The summed E-state index contributed by atoms with van der Waals surface area (Å²) < 4.78 is 0. The zero-order valence-corrected chi connectivity index (χ0v) is 11.7. The van der Waals surface area contributed by atoms with Gasteiger partial charge < -0.3 is 15.3 Å². The Bertz CT molecular complexity index is 534. The Morgan fingerprint density at radius 3 is 2.43 bits per heavy atom. The van der Waals surface area contributed by atoms with E-state index in [2.05, 4.69) is 15.2 Å². The number of nitrogens with one attached hydrogen (secondary N) is 1. The van der Waals surface area contributed by atoms with E-state index >= 15 is 0 Å². The van der Waals surface area contributed by atoms with Crippen LogP contribution in [0.25, 0.3) is 0 Å². The summed E-state index contributed by atoms with van der Waals surface area (Å²) in [6.07, 6.45) is 3.93. The maximum absolute atomic E-state index is 12.1. The van der Waals surface area contributed by atoms with Crippen LogP contribution in [0.2, 0.25) is 0 Å². The van der Waals surface area contributed by atoms with E-state index < -0.39 is 5.97 Å². The molecule has 0 unspecified atom stereocenters. The first-order valence-corrected chi connectivity index (χ1v) is 7.13. The average Bonchev–Trinajstić information content (AvgIpc) is 3.32. The minimum atomic E-state index is -1.08. The third-order valence-corrected chi connectivity index (χ3v) is 3.90. The van der Waals surface area contributed by atoms with Crippen LogP contribution in [0.5, 0.6) is 0 Å². The minimum Gasteiger partial charge on any atom is -0.477 e. The molecule has 1 aromatic rings. The molecule has 2 N–H and O–H groups in total. The number of hydrogen-bond donors (Lipinski definition) is 2. The number of hydrogen-bond acceptors (Lipinski definition) is 4. The number of carbonyl (C=O) groups is 2. The van der Waals surface area contributed by atoms with Crippen molar-refractivity contribution in [2.75, 3.05) is 31.5 Å². The molecule has 3 rings (SSSR count). The quantitative estimate of drug-likeness (QED) is 0.870. The molecule has 7 nitrogen and oxygen atoms in total. The lowest BCUT2D eigenvalue weighted by Crippen LogP contribution is -2.50. The Kier molecular flexibility index (Phi) is 3.74. The number of aromatic nitrogens is 1. The van der Waals surface area contributed by atoms with Crippen LogP contribution in [0, 0.1) is 0 Å². The molecule has 0 bridgehead atoms. The van der Waals surface area contributed by atoms with Gasteiger partial charge in [-0.1, -0.05) is 0 Å². The number of urea groups is 1. The topological polar surface area (TPSA) is 85.8 Å². The van der Waals surface area contributed by atoms with Crippen molar-refractivity contribution in [3.63, 3.8) is 0 Å². The van der Waals surface area contributed by atoms with Crippen molar-refractivity contribution in [3.05, 3.63) is 24.0 Å². The Morgan fingerprint density at radius 1 is 1.19 bits per heavy atom. The second-order valence-corrected chi connectivity index (χ2v) is 5.42. The number of amides is 2. The van der Waals surface area contributed by atoms with Crippen molar-refractivity contribution in [2.24, 2.45) is 0 Å². The van der Waals surface area contributed by atoms with Gasteiger partial charge in [0.15, 0.2) is 0 Å². The van der Waals surface area contributed by atoms with Gasteiger partial charge in [-0.15, -0.1) is 0 Å². The van der Waals surface area contributed by atoms with Crippen LogP contribution in [0.4, 0.5) is 10.5 Å². The number of nitrogens with zero attached hydrogens (tertiary/aromatic N) is 3. The van der Waals surface area contributed by atoms with Crippen molar-refractivity contribution in [1.82, 2.24) is 14.8 Å². The van der Waals surface area contributed by atoms with Gasteiger partial charge in [0.05, 0.1) is 11.9 Å². The lowest BCUT2D eigenvalue weighted by Gasteiger charge is -2.34. The number of carbonyl (C=O) groups excluding carboxylic acids is 1. The van der Waals surface area contributed by atoms with Crippen LogP contribution in [-0.2, 0) is 0 Å². The van der Waals surface area contributed by atoms with E-state index in [9.17, 15) is 9.59 Å². The number of anilines is 1. The molecule has 0 atom stereocenters. The average molecular weight is 290 g/mol. The number of piperazine rings is 1. The van der Waals surface area contributed by atoms with Crippen LogP contribution in [-0.4, -0.2) is 64.1 Å². The lowest BCUT2D eigenvalue weighted by atomic mass is 10.3. The molecule has 2 fully saturated rings. The first-order chi connectivity index (χ1) is 10.1. The number of aromatic carboxylic acids is 1. The molecule has 0 radical (unpaired) electrons. The number of carboxylic acids is 1. The fraction of sp³-hybridized carbons (Fsp3) is 0.500. The smallest absolute Gasteiger partial charge is 0.354 e. The molecular formula is C14H18N4O3. The third kappa shape index (κ3) is 3.30. The largest absolute Gasteiger partial charge is 0.477 e. The van der Waals surface area contributed by atoms with E-state index in [0.29, 0.717) is 5.69 Å². The second kappa shape index (κ2) is 5.69. The zero-order valence-electron chi connectivity index (χ0n) is 11.7. The third-order valence-electron chi connectivity index (χ3n) is 3.90. The molecule has 1 saturated carbocycles. The van der Waals surface area contributed by atoms with Crippen molar-refractivity contribution in [2.45, 2.75) is 18.9 Å². The molecule has 2 heterocycles. The number of rotatable bonds is 3. The first-order valence-electron chi connectivity index (χ1n) is 7.13. The molecule has 1 saturated heterocycles. The van der Waals surface area contributed by atoms with Gasteiger partial charge in [-0.25, -0.2) is 14.6 Å². The van der Waals surface area contributed by atoms with E-state index in [1.165, 1.54) is 25.1 Å². The van der Waals surface area contributed by atoms with Crippen LogP contribution >= 0.6 is 0 Å². The molecule has 0 aromatic carbocycles. The zero-order chi connectivity index (χ0) is 14.8. The van der Waals surface area contributed by atoms with E-state index in [0.717, 1.165) is 32.2 Å². The van der Waals surface area contributed by atoms with E-state index in [1.807, 2.05) is 0 Å². The standard InChI is InChI=1S/C14H18N4O3/c19-13(20)12-4-1-10(9-15-12)16-14(21)18-7-5-17(6-8-18)11-2-3-11/h1,4,9,11H,2-3,5-8H2,(H,16,21)(H,19,20). The molecule has 1 aliphatic heterocycles. The van der Waals surface area contributed by atoms with Crippen LogP contribution in [0.3, 0.4) is 0 Å². The fourth-order valence-electron chi connectivity index (χ4n) is 2.53. The lowest BCUT2D eigenvalue weighted by molar-refractivity contribution is 0.0690. The van der Waals surface area contributed by atoms with Gasteiger partial charge in [0.25, 0.3) is 0 Å². The summed E-state index contributed by atoms with van der Waals surface area (Å²) in [5.41, 5.74) is 0.473. The van der Waals surface area contributed by atoms with Gasteiger partial charge in [0.2, 0.25) is 0 Å². The molecule has 112 valence electrons. The van der Waals surface area contributed by atoms with Crippen molar-refractivity contribution in [3.8, 4) is 0 Å². The Labute approximate surface area is 122 Å². The molecule has 0 spiro atoms. The maximum atomic E-state index is 12.1. The Morgan fingerprint density at radius 2 is 1.90 bits per heavy atom. The fourth-order valence-corrected chi connectivity index (χ4v) is 2.53. The maximum Gasteiger partial charge on any atom is 0.354 e. The van der Waals surface area contributed by atoms with Crippen molar-refractivity contribution < 1.29 is 14.7 Å². The highest BCUT2D eigenvalue weighted by Gasteiger charge is 2.32. The SMILES string of the molecule is O=C(O)c1ccc(NC(=O)N2CCN(C3CC3)CC2)cn1. The van der Waals surface area contributed by atoms with Gasteiger partial charge in [0, 0.05) is 32.2 Å². The highest BCUT2D eigenvalue weighted by Crippen LogP contribution is 2.27. The van der Waals surface area contributed by atoms with Gasteiger partial charge in [-0.2, -0.15) is 0 Å². The van der Waals surface area contributed by atoms with E-state index in [4.69, 9.17) is 5.11 Å². The highest BCUT2D eigenvalue weighted by atomic mass is 16.4. The summed E-state index contributed by atoms with van der Waals surface area (Å²) >= 11 is 0. The highest BCUT2D eigenvalue weighted by molar-refractivity contribution is 5.90. The van der Waals surface area contributed by atoms with Crippen LogP contribution < -0.4 is 5.32 Å². The van der Waals surface area contributed by atoms with Gasteiger partial charge in [-0.3, -0.25) is 4.90 Å². The van der Waals surface area contributed by atoms with E-state index in [-0.39, 0.29) is 11.7 Å². The molecule has 1 aliphatic carbocycles. The Hall–Kier alpha value is -2.15. The number of pyridine rings is 1. The second-order valence-electron chi connectivity index (χ2n) is 5.42. The van der Waals surface area contributed by atoms with Gasteiger partial charge in [-0.05, 0) is 25.0 Å². The summed E-state index contributed by atoms with van der Waals surface area (Å²) in [7, 11) is 0. The normalized spacial score (nSPS) is 19.3. The van der Waals surface area contributed by atoms with Gasteiger partial charge >= 0.3 is 12.0 Å². The predicted molar refractivity (Wildman–Crippen MR) is 76.4 cm³/mol. The molecule has 1 aromatic heterocycles. The summed E-state index contributed by atoms with van der Waals surface area (Å²) in [6.45, 7) is 3.30. The molecule has 21 heavy (non-hydrogen) atoms. The molecule has 2 aliphatic rings. The monoisotopic (exact) mass is 290 g/mol. The molecular weight excluding hydrogens is 272 g/mol. The number of carboxylic acid groups (broad SMARTS) is 1. The summed E-state index contributed by atoms with van der Waals surface area (Å²) in [6, 6.07) is 3.51. The van der Waals surface area contributed by atoms with E-state index in [1.54, 1.807) is 11.0 Å². The Balaban J connectivity index is 1.52. The van der Waals surface area contributed by atoms with Crippen LogP contribution in [0.15, 0.2) is 18.3 Å². The summed E-state index contributed by atoms with van der Waals surface area (Å²) in [4.78, 5) is 30.8. The predicted octanol–water partition coefficient (Wildman–Crippen LogP) is 1.09. The molecule has 2 amide bonds.